The van der Waals surface area contributed by atoms with Crippen LogP contribution in [0.5, 0.6) is 0 Å². The van der Waals surface area contributed by atoms with E-state index in [9.17, 15) is 14.9 Å². The number of ether oxygens (including phenoxy) is 1. The molecule has 0 aromatic heterocycles. The highest BCUT2D eigenvalue weighted by atomic mass is 35.5. The minimum Gasteiger partial charge on any atom is -0.397 e. The molecule has 1 aromatic carbocycles. The quantitative estimate of drug-likeness (QED) is 0.292. The molecule has 0 spiro atoms. The topological polar surface area (TPSA) is 99.8 Å². The number of non-ortho nitro benzene ring substituents is 1. The molecular weight excluding hydrogens is 250 g/mol. The van der Waals surface area contributed by atoms with Gasteiger partial charge in [0.2, 0.25) is 0 Å². The van der Waals surface area contributed by atoms with Crippen LogP contribution in [0.25, 0.3) is 4.85 Å². The van der Waals surface area contributed by atoms with Crippen LogP contribution in [0.2, 0.25) is 5.02 Å². The van der Waals surface area contributed by atoms with E-state index in [4.69, 9.17) is 23.9 Å². The summed E-state index contributed by atoms with van der Waals surface area (Å²) in [5, 5.41) is 10.4. The molecule has 2 N–H and O–H groups in total. The first-order chi connectivity index (χ1) is 7.97. The van der Waals surface area contributed by atoms with Crippen LogP contribution in [0.4, 0.5) is 11.4 Å². The Balaban J connectivity index is 3.19. The zero-order chi connectivity index (χ0) is 13.0. The third kappa shape index (κ3) is 2.83. The number of nitrogen functional groups attached to an aromatic ring is 1. The standard InChI is InChI=1S/C9H6ClN3O4/c1-12-4-17-9(14)6-2-5(13(15)16)3-7(10)8(6)11/h2-3H,4,11H2. The molecule has 1 aromatic rings. The van der Waals surface area contributed by atoms with Gasteiger partial charge in [0, 0.05) is 12.1 Å². The van der Waals surface area contributed by atoms with E-state index in [-0.39, 0.29) is 22.0 Å². The summed E-state index contributed by atoms with van der Waals surface area (Å²) in [5.41, 5.74) is 4.77. The number of carbonyl (C=O) groups excluding carboxylic acids is 1. The fourth-order valence-electron chi connectivity index (χ4n) is 1.05. The highest BCUT2D eigenvalue weighted by Crippen LogP contribution is 2.29. The van der Waals surface area contributed by atoms with Crippen LogP contribution in [0.3, 0.4) is 0 Å². The lowest BCUT2D eigenvalue weighted by atomic mass is 10.1. The van der Waals surface area contributed by atoms with Gasteiger partial charge in [-0.3, -0.25) is 15.0 Å². The van der Waals surface area contributed by atoms with E-state index in [0.717, 1.165) is 12.1 Å². The monoisotopic (exact) mass is 255 g/mol. The van der Waals surface area contributed by atoms with Gasteiger partial charge in [-0.2, -0.15) is 0 Å². The van der Waals surface area contributed by atoms with Crippen molar-refractivity contribution < 1.29 is 14.5 Å². The van der Waals surface area contributed by atoms with E-state index < -0.39 is 17.6 Å². The van der Waals surface area contributed by atoms with Crippen molar-refractivity contribution in [1.29, 1.82) is 0 Å². The van der Waals surface area contributed by atoms with Crippen molar-refractivity contribution in [2.75, 3.05) is 12.5 Å². The van der Waals surface area contributed by atoms with E-state index >= 15 is 0 Å². The van der Waals surface area contributed by atoms with Crippen LogP contribution in [0.15, 0.2) is 12.1 Å². The third-order valence-corrected chi connectivity index (χ3v) is 2.12. The summed E-state index contributed by atoms with van der Waals surface area (Å²) in [7, 11) is 0. The normalized spacial score (nSPS) is 9.41. The fraction of sp³-hybridized carbons (Fsp3) is 0.111. The lowest BCUT2D eigenvalue weighted by Crippen LogP contribution is -2.09. The molecule has 0 saturated carbocycles. The molecule has 1 rings (SSSR count). The van der Waals surface area contributed by atoms with Crippen LogP contribution >= 0.6 is 11.6 Å². The minimum atomic E-state index is -0.927. The lowest BCUT2D eigenvalue weighted by molar-refractivity contribution is -0.384. The molecule has 0 fully saturated rings. The van der Waals surface area contributed by atoms with Gasteiger partial charge in [-0.15, -0.1) is 0 Å². The molecule has 7 nitrogen and oxygen atoms in total. The SMILES string of the molecule is [C-]#[N+]COC(=O)c1cc([N+](=O)[O-])cc(Cl)c1N. The average Bonchev–Trinajstić information content (AvgIpc) is 2.29. The average molecular weight is 256 g/mol. The van der Waals surface area contributed by atoms with Gasteiger partial charge in [-0.25, -0.2) is 11.4 Å². The summed E-state index contributed by atoms with van der Waals surface area (Å²) in [4.78, 5) is 24.1. The van der Waals surface area contributed by atoms with Crippen molar-refractivity contribution in [3.63, 3.8) is 0 Å². The first-order valence-electron chi connectivity index (χ1n) is 4.21. The van der Waals surface area contributed by atoms with Crippen molar-refractivity contribution >= 4 is 28.9 Å². The molecule has 0 radical (unpaired) electrons. The number of esters is 1. The predicted molar refractivity (Wildman–Crippen MR) is 59.4 cm³/mol. The van der Waals surface area contributed by atoms with Gasteiger partial charge in [0.1, 0.15) is 0 Å². The second-order valence-corrected chi connectivity index (χ2v) is 3.27. The Morgan fingerprint density at radius 3 is 2.82 bits per heavy atom. The zero-order valence-corrected chi connectivity index (χ0v) is 9.10. The van der Waals surface area contributed by atoms with Gasteiger partial charge in [-0.05, 0) is 0 Å². The van der Waals surface area contributed by atoms with Gasteiger partial charge in [-0.1, -0.05) is 11.6 Å². The number of nitrogens with two attached hydrogens (primary N) is 1. The molecule has 0 bridgehead atoms. The van der Waals surface area contributed by atoms with E-state index in [1.54, 1.807) is 0 Å². The number of anilines is 1. The first-order valence-corrected chi connectivity index (χ1v) is 4.59. The predicted octanol–water partition coefficient (Wildman–Crippen LogP) is 1.86. The second-order valence-electron chi connectivity index (χ2n) is 2.86. The smallest absolute Gasteiger partial charge is 0.359 e. The highest BCUT2D eigenvalue weighted by Gasteiger charge is 2.20. The van der Waals surface area contributed by atoms with Crippen LogP contribution < -0.4 is 5.73 Å². The number of nitro benzene ring substituents is 1. The van der Waals surface area contributed by atoms with Crippen molar-refractivity contribution in [2.45, 2.75) is 0 Å². The molecule has 0 heterocycles. The Morgan fingerprint density at radius 1 is 1.65 bits per heavy atom. The molecule has 17 heavy (non-hydrogen) atoms. The lowest BCUT2D eigenvalue weighted by Gasteiger charge is -2.05. The second kappa shape index (κ2) is 5.14. The molecule has 0 amide bonds. The van der Waals surface area contributed by atoms with Gasteiger partial charge < -0.3 is 10.5 Å². The van der Waals surface area contributed by atoms with Gasteiger partial charge in [0.05, 0.1) is 21.2 Å². The van der Waals surface area contributed by atoms with E-state index in [2.05, 4.69) is 9.58 Å². The van der Waals surface area contributed by atoms with Crippen LogP contribution in [0, 0.1) is 16.7 Å². The maximum atomic E-state index is 11.4. The maximum Gasteiger partial charge on any atom is 0.359 e. The van der Waals surface area contributed by atoms with Gasteiger partial charge >= 0.3 is 12.7 Å². The van der Waals surface area contributed by atoms with Crippen molar-refractivity contribution in [2.24, 2.45) is 0 Å². The van der Waals surface area contributed by atoms with E-state index in [1.807, 2.05) is 0 Å². The number of benzene rings is 1. The summed E-state index contributed by atoms with van der Waals surface area (Å²) in [6.45, 7) is 5.96. The first kappa shape index (κ1) is 12.7. The van der Waals surface area contributed by atoms with E-state index in [1.165, 1.54) is 0 Å². The van der Waals surface area contributed by atoms with Gasteiger partial charge in [0.25, 0.3) is 5.69 Å². The van der Waals surface area contributed by atoms with Crippen molar-refractivity contribution in [3.05, 3.63) is 44.3 Å². The van der Waals surface area contributed by atoms with E-state index in [0.29, 0.717) is 0 Å². The van der Waals surface area contributed by atoms with Crippen molar-refractivity contribution in [1.82, 2.24) is 0 Å². The van der Waals surface area contributed by atoms with Crippen LogP contribution in [0.1, 0.15) is 10.4 Å². The Kier molecular flexibility index (Phi) is 3.85. The fourth-order valence-corrected chi connectivity index (χ4v) is 1.26. The summed E-state index contributed by atoms with van der Waals surface area (Å²) in [6, 6.07) is 1.98. The summed E-state index contributed by atoms with van der Waals surface area (Å²) in [5.74, 6) is -0.927. The van der Waals surface area contributed by atoms with Crippen LogP contribution in [-0.4, -0.2) is 17.6 Å². The molecule has 0 atom stereocenters. The molecule has 0 unspecified atom stereocenters. The maximum absolute atomic E-state index is 11.4. The Morgan fingerprint density at radius 2 is 2.29 bits per heavy atom. The number of hydrogen-bond acceptors (Lipinski definition) is 5. The molecule has 0 aliphatic heterocycles. The molecule has 8 heteroatoms. The Bertz CT molecular complexity index is 524. The number of carbonyl (C=O) groups is 1. The number of nitro groups is 1. The number of rotatable bonds is 3. The van der Waals surface area contributed by atoms with Crippen LogP contribution in [-0.2, 0) is 4.74 Å². The summed E-state index contributed by atoms with van der Waals surface area (Å²) in [6.07, 6.45) is 0. The number of halogens is 1. The molecule has 0 aliphatic rings. The number of hydrogen-bond donors (Lipinski definition) is 1. The molecule has 0 saturated heterocycles. The summed E-state index contributed by atoms with van der Waals surface area (Å²) < 4.78 is 4.49. The zero-order valence-electron chi connectivity index (χ0n) is 8.34. The Labute approximate surface area is 101 Å². The summed E-state index contributed by atoms with van der Waals surface area (Å²) >= 11 is 5.64. The minimum absolute atomic E-state index is 0.117. The van der Waals surface area contributed by atoms with Gasteiger partial charge in [0.15, 0.2) is 0 Å². The van der Waals surface area contributed by atoms with Crippen molar-refractivity contribution in [3.8, 4) is 0 Å². The molecular formula is C9H6ClN3O4. The number of nitrogens with zero attached hydrogens (tertiary/aromatic N) is 2. The molecule has 88 valence electrons. The molecule has 0 aliphatic carbocycles. The highest BCUT2D eigenvalue weighted by molar-refractivity contribution is 6.34. The third-order valence-electron chi connectivity index (χ3n) is 1.81. The Hall–Kier alpha value is -2.33. The largest absolute Gasteiger partial charge is 0.397 e.